The number of hydrogen-bond donors (Lipinski definition) is 1. The second-order valence-electron chi connectivity index (χ2n) is 5.61. The maximum Gasteiger partial charge on any atom is 0.331 e. The lowest BCUT2D eigenvalue weighted by Gasteiger charge is -2.32. The Bertz CT molecular complexity index is 360. The van der Waals surface area contributed by atoms with E-state index in [-0.39, 0.29) is 5.60 Å². The van der Waals surface area contributed by atoms with E-state index in [9.17, 15) is 9.59 Å². The molecule has 0 bridgehead atoms. The smallest absolute Gasteiger partial charge is 0.331 e. The number of carbonyl (C=O) groups excluding carboxylic acids is 1. The van der Waals surface area contributed by atoms with Crippen LogP contribution in [0.25, 0.3) is 0 Å². The highest BCUT2D eigenvalue weighted by Gasteiger charge is 2.53. The number of ether oxygens (including phenoxy) is 1. The summed E-state index contributed by atoms with van der Waals surface area (Å²) in [6, 6.07) is 0. The molecule has 4 nitrogen and oxygen atoms in total. The van der Waals surface area contributed by atoms with E-state index < -0.39 is 11.9 Å². The zero-order chi connectivity index (χ0) is 13.2. The van der Waals surface area contributed by atoms with E-state index in [2.05, 4.69) is 6.92 Å². The predicted molar refractivity (Wildman–Crippen MR) is 66.0 cm³/mol. The highest BCUT2D eigenvalue weighted by atomic mass is 16.6. The Balaban J connectivity index is 1.88. The number of rotatable bonds is 4. The lowest BCUT2D eigenvalue weighted by atomic mass is 9.79. The van der Waals surface area contributed by atoms with E-state index in [1.807, 2.05) is 0 Å². The van der Waals surface area contributed by atoms with Gasteiger partial charge in [-0.2, -0.15) is 0 Å². The first kappa shape index (κ1) is 13.1. The molecule has 2 aliphatic rings. The molecule has 0 radical (unpaired) electrons. The van der Waals surface area contributed by atoms with Gasteiger partial charge in [-0.15, -0.1) is 0 Å². The van der Waals surface area contributed by atoms with E-state index in [0.29, 0.717) is 5.92 Å². The molecule has 2 rings (SSSR count). The van der Waals surface area contributed by atoms with Crippen LogP contribution in [0, 0.1) is 11.8 Å². The number of hydrogen-bond acceptors (Lipinski definition) is 3. The van der Waals surface area contributed by atoms with Crippen LogP contribution in [0.15, 0.2) is 12.2 Å². The maximum atomic E-state index is 11.5. The summed E-state index contributed by atoms with van der Waals surface area (Å²) in [5.74, 6) is -0.396. The Morgan fingerprint density at radius 3 is 2.28 bits per heavy atom. The summed E-state index contributed by atoms with van der Waals surface area (Å²) in [4.78, 5) is 21.9. The van der Waals surface area contributed by atoms with Crippen molar-refractivity contribution in [2.24, 2.45) is 11.8 Å². The first-order valence-corrected chi connectivity index (χ1v) is 6.66. The largest absolute Gasteiger partial charge is 0.478 e. The summed E-state index contributed by atoms with van der Waals surface area (Å²) in [6.45, 7) is 2.26. The lowest BCUT2D eigenvalue weighted by Crippen LogP contribution is -2.31. The summed E-state index contributed by atoms with van der Waals surface area (Å²) in [5, 5.41) is 8.46. The number of carbonyl (C=O) groups is 2. The monoisotopic (exact) mass is 252 g/mol. The number of aliphatic carboxylic acids is 1. The van der Waals surface area contributed by atoms with Crippen LogP contribution in [0.5, 0.6) is 0 Å². The second kappa shape index (κ2) is 5.12. The van der Waals surface area contributed by atoms with Gasteiger partial charge < -0.3 is 9.84 Å². The van der Waals surface area contributed by atoms with Crippen molar-refractivity contribution in [1.82, 2.24) is 0 Å². The molecule has 0 heterocycles. The van der Waals surface area contributed by atoms with Gasteiger partial charge in [-0.3, -0.25) is 0 Å². The van der Waals surface area contributed by atoms with Crippen molar-refractivity contribution in [2.45, 2.75) is 51.0 Å². The number of carboxylic acids is 1. The predicted octanol–water partition coefficient (Wildman–Crippen LogP) is 2.53. The van der Waals surface area contributed by atoms with Gasteiger partial charge in [-0.05, 0) is 37.5 Å². The molecule has 1 N–H and O–H groups in total. The summed E-state index contributed by atoms with van der Waals surface area (Å²) < 4.78 is 5.49. The van der Waals surface area contributed by atoms with Crippen molar-refractivity contribution < 1.29 is 19.4 Å². The third-order valence-electron chi connectivity index (χ3n) is 4.17. The Hall–Kier alpha value is -1.32. The molecule has 4 heteroatoms. The summed E-state index contributed by atoms with van der Waals surface area (Å²) in [7, 11) is 0. The van der Waals surface area contributed by atoms with Gasteiger partial charge in [0.1, 0.15) is 5.60 Å². The van der Waals surface area contributed by atoms with E-state index in [1.165, 1.54) is 12.8 Å². The van der Waals surface area contributed by atoms with Gasteiger partial charge in [0.25, 0.3) is 0 Å². The summed E-state index contributed by atoms with van der Waals surface area (Å²) in [5.41, 5.74) is -0.278. The number of carboxylic acid groups (broad SMARTS) is 1. The minimum atomic E-state index is -1.12. The van der Waals surface area contributed by atoms with Crippen LogP contribution < -0.4 is 0 Å². The van der Waals surface area contributed by atoms with Gasteiger partial charge in [-0.25, -0.2) is 9.59 Å². The molecule has 0 aromatic carbocycles. The molecule has 18 heavy (non-hydrogen) atoms. The first-order valence-electron chi connectivity index (χ1n) is 6.66. The van der Waals surface area contributed by atoms with Gasteiger partial charge in [0.15, 0.2) is 0 Å². The molecule has 0 amide bonds. The fourth-order valence-corrected chi connectivity index (χ4v) is 2.88. The van der Waals surface area contributed by atoms with Crippen LogP contribution in [0.3, 0.4) is 0 Å². The Labute approximate surface area is 107 Å². The standard InChI is InChI=1S/C14H20O4/c1-10-2-4-11(5-3-10)14(8-9-14)18-13(17)7-6-12(15)16/h6-7,10-11H,2-5,8-9H2,1H3,(H,15,16)/b7-6+. The molecule has 0 atom stereocenters. The molecular formula is C14H20O4. The van der Waals surface area contributed by atoms with Crippen molar-refractivity contribution in [3.8, 4) is 0 Å². The Morgan fingerprint density at radius 2 is 1.78 bits per heavy atom. The molecule has 2 saturated carbocycles. The van der Waals surface area contributed by atoms with Crippen molar-refractivity contribution in [3.05, 3.63) is 12.2 Å². The van der Waals surface area contributed by atoms with Crippen LogP contribution in [-0.4, -0.2) is 22.6 Å². The zero-order valence-electron chi connectivity index (χ0n) is 10.7. The molecule has 2 aliphatic carbocycles. The Morgan fingerprint density at radius 1 is 1.17 bits per heavy atom. The van der Waals surface area contributed by atoms with Gasteiger partial charge in [-0.1, -0.05) is 19.8 Å². The molecule has 0 unspecified atom stereocenters. The summed E-state index contributed by atoms with van der Waals surface area (Å²) >= 11 is 0. The van der Waals surface area contributed by atoms with E-state index in [1.54, 1.807) is 0 Å². The normalized spacial score (nSPS) is 30.1. The molecule has 0 spiro atoms. The maximum absolute atomic E-state index is 11.5. The Kier molecular flexibility index (Phi) is 3.73. The topological polar surface area (TPSA) is 63.6 Å². The highest BCUT2D eigenvalue weighted by Crippen LogP contribution is 2.51. The van der Waals surface area contributed by atoms with E-state index in [0.717, 1.165) is 43.8 Å². The second-order valence-corrected chi connectivity index (χ2v) is 5.61. The fourth-order valence-electron chi connectivity index (χ4n) is 2.88. The average molecular weight is 252 g/mol. The molecule has 0 aliphatic heterocycles. The number of esters is 1. The molecule has 0 aromatic rings. The quantitative estimate of drug-likeness (QED) is 0.617. The van der Waals surface area contributed by atoms with Crippen LogP contribution in [0.2, 0.25) is 0 Å². The lowest BCUT2D eigenvalue weighted by molar-refractivity contribution is -0.149. The minimum Gasteiger partial charge on any atom is -0.478 e. The van der Waals surface area contributed by atoms with Gasteiger partial charge in [0.2, 0.25) is 0 Å². The zero-order valence-corrected chi connectivity index (χ0v) is 10.7. The first-order chi connectivity index (χ1) is 8.52. The van der Waals surface area contributed by atoms with Gasteiger partial charge in [0.05, 0.1) is 0 Å². The van der Waals surface area contributed by atoms with Gasteiger partial charge in [0, 0.05) is 12.2 Å². The van der Waals surface area contributed by atoms with Crippen molar-refractivity contribution >= 4 is 11.9 Å². The highest BCUT2D eigenvalue weighted by molar-refractivity contribution is 5.91. The van der Waals surface area contributed by atoms with Crippen LogP contribution in [0.4, 0.5) is 0 Å². The third-order valence-corrected chi connectivity index (χ3v) is 4.17. The molecular weight excluding hydrogens is 232 g/mol. The molecule has 0 aromatic heterocycles. The molecule has 0 saturated heterocycles. The third kappa shape index (κ3) is 3.12. The van der Waals surface area contributed by atoms with E-state index in [4.69, 9.17) is 9.84 Å². The van der Waals surface area contributed by atoms with Crippen molar-refractivity contribution in [3.63, 3.8) is 0 Å². The van der Waals surface area contributed by atoms with Crippen molar-refractivity contribution in [2.75, 3.05) is 0 Å². The molecule has 100 valence electrons. The molecule has 2 fully saturated rings. The van der Waals surface area contributed by atoms with Crippen LogP contribution in [0.1, 0.15) is 45.4 Å². The van der Waals surface area contributed by atoms with Crippen LogP contribution in [-0.2, 0) is 14.3 Å². The average Bonchev–Trinajstić information content (AvgIpc) is 3.08. The van der Waals surface area contributed by atoms with Gasteiger partial charge >= 0.3 is 11.9 Å². The summed E-state index contributed by atoms with van der Waals surface area (Å²) in [6.07, 6.45) is 8.35. The van der Waals surface area contributed by atoms with Crippen molar-refractivity contribution in [1.29, 1.82) is 0 Å². The van der Waals surface area contributed by atoms with Crippen LogP contribution >= 0.6 is 0 Å². The SMILES string of the molecule is CC1CCC(C2(OC(=O)/C=C/C(=O)O)CC2)CC1. The minimum absolute atomic E-state index is 0.278. The van der Waals surface area contributed by atoms with E-state index >= 15 is 0 Å². The fraction of sp³-hybridized carbons (Fsp3) is 0.714.